The third kappa shape index (κ3) is 1.98. The summed E-state index contributed by atoms with van der Waals surface area (Å²) in [5, 5.41) is 0.549. The molecule has 138 valence electrons. The molecule has 1 saturated heterocycles. The largest absolute Gasteiger partial charge is 0.455 e. The van der Waals surface area contributed by atoms with Gasteiger partial charge in [0.1, 0.15) is 11.8 Å². The highest BCUT2D eigenvalue weighted by Gasteiger charge is 2.60. The van der Waals surface area contributed by atoms with Crippen LogP contribution in [0.1, 0.15) is 29.2 Å². The molecule has 3 aromatic rings. The van der Waals surface area contributed by atoms with Crippen molar-refractivity contribution in [3.8, 4) is 11.5 Å². The van der Waals surface area contributed by atoms with Gasteiger partial charge in [0.15, 0.2) is 11.4 Å². The number of para-hydroxylation sites is 1. The Morgan fingerprint density at radius 3 is 2.75 bits per heavy atom. The molecule has 1 aliphatic carbocycles. The summed E-state index contributed by atoms with van der Waals surface area (Å²) in [5.74, 6) is 1.33. The average molecular weight is 390 g/mol. The van der Waals surface area contributed by atoms with Gasteiger partial charge in [-0.3, -0.25) is 4.90 Å². The van der Waals surface area contributed by atoms with Crippen LogP contribution in [-0.2, 0) is 16.8 Å². The van der Waals surface area contributed by atoms with Crippen LogP contribution in [0.5, 0.6) is 11.5 Å². The Kier molecular flexibility index (Phi) is 3.16. The first-order valence-electron chi connectivity index (χ1n) is 9.34. The van der Waals surface area contributed by atoms with Gasteiger partial charge in [-0.2, -0.15) is 0 Å². The lowest BCUT2D eigenvalue weighted by Gasteiger charge is -2.32. The molecule has 2 heterocycles. The number of fused-ring (bicyclic) bond motifs is 8. The Morgan fingerprint density at radius 2 is 1.82 bits per heavy atom. The lowest BCUT2D eigenvalue weighted by atomic mass is 9.83. The van der Waals surface area contributed by atoms with Crippen molar-refractivity contribution in [1.29, 1.82) is 0 Å². The summed E-state index contributed by atoms with van der Waals surface area (Å²) >= 11 is 6.28. The highest BCUT2D eigenvalue weighted by atomic mass is 35.5. The zero-order chi connectivity index (χ0) is 18.9. The molecule has 0 N–H and O–H groups in total. The highest BCUT2D eigenvalue weighted by molar-refractivity contribution is 6.31. The van der Waals surface area contributed by atoms with Gasteiger partial charge in [-0.25, -0.2) is 4.79 Å². The van der Waals surface area contributed by atoms with Crippen molar-refractivity contribution in [2.75, 3.05) is 4.90 Å². The van der Waals surface area contributed by atoms with Gasteiger partial charge in [-0.1, -0.05) is 54.1 Å². The highest BCUT2D eigenvalue weighted by Crippen LogP contribution is 2.60. The van der Waals surface area contributed by atoms with E-state index in [1.807, 2.05) is 36.4 Å². The lowest BCUT2D eigenvalue weighted by Crippen LogP contribution is -2.34. The van der Waals surface area contributed by atoms with Crippen molar-refractivity contribution >= 4 is 23.4 Å². The fraction of sp³-hybridized carbons (Fsp3) is 0.174. The fourth-order valence-corrected chi connectivity index (χ4v) is 5.05. The van der Waals surface area contributed by atoms with E-state index in [4.69, 9.17) is 21.1 Å². The summed E-state index contributed by atoms with van der Waals surface area (Å²) in [4.78, 5) is 14.9. The molecule has 28 heavy (non-hydrogen) atoms. The van der Waals surface area contributed by atoms with Crippen LogP contribution in [0.3, 0.4) is 0 Å². The van der Waals surface area contributed by atoms with Crippen molar-refractivity contribution in [3.05, 3.63) is 88.4 Å². The second kappa shape index (κ2) is 5.52. The number of hydrogen-bond donors (Lipinski definition) is 0. The predicted octanol–water partition coefficient (Wildman–Crippen LogP) is 5.99. The summed E-state index contributed by atoms with van der Waals surface area (Å²) in [6, 6.07) is 21.1. The van der Waals surface area contributed by atoms with Gasteiger partial charge < -0.3 is 9.47 Å². The molecule has 6 rings (SSSR count). The van der Waals surface area contributed by atoms with Crippen LogP contribution in [-0.4, -0.2) is 6.09 Å². The molecule has 3 aromatic carbocycles. The molecule has 0 bridgehead atoms. The van der Waals surface area contributed by atoms with Crippen molar-refractivity contribution in [2.45, 2.75) is 24.5 Å². The monoisotopic (exact) mass is 389 g/mol. The molecule has 1 spiro atoms. The van der Waals surface area contributed by atoms with Gasteiger partial charge in [-0.05, 0) is 42.7 Å². The molecular formula is C23H16ClNO3. The van der Waals surface area contributed by atoms with E-state index in [2.05, 4.69) is 12.1 Å². The summed E-state index contributed by atoms with van der Waals surface area (Å²) in [6.45, 7) is 0. The van der Waals surface area contributed by atoms with Gasteiger partial charge >= 0.3 is 6.09 Å². The molecule has 2 aliphatic heterocycles. The Hall–Kier alpha value is -2.98. The van der Waals surface area contributed by atoms with Crippen molar-refractivity contribution in [3.63, 3.8) is 0 Å². The predicted molar refractivity (Wildman–Crippen MR) is 106 cm³/mol. The zero-order valence-electron chi connectivity index (χ0n) is 14.9. The van der Waals surface area contributed by atoms with E-state index in [0.29, 0.717) is 16.5 Å². The van der Waals surface area contributed by atoms with E-state index in [1.54, 1.807) is 23.1 Å². The van der Waals surface area contributed by atoms with Gasteiger partial charge in [0.2, 0.25) is 0 Å². The maximum Gasteiger partial charge on any atom is 0.416 e. The number of aryl methyl sites for hydroxylation is 1. The lowest BCUT2D eigenvalue weighted by molar-refractivity contribution is 0.0340. The van der Waals surface area contributed by atoms with Crippen molar-refractivity contribution in [1.82, 2.24) is 0 Å². The molecule has 0 aromatic heterocycles. The second-order valence-corrected chi connectivity index (χ2v) is 7.88. The average Bonchev–Trinajstić information content (AvgIpc) is 3.16. The quantitative estimate of drug-likeness (QED) is 0.474. The number of anilines is 1. The normalized spacial score (nSPS) is 24.0. The number of carbonyl (C=O) groups is 1. The van der Waals surface area contributed by atoms with Gasteiger partial charge in [0.05, 0.1) is 5.69 Å². The molecule has 0 radical (unpaired) electrons. The number of amides is 1. The SMILES string of the molecule is O=C1OC2(CCc3ccccc32)C2c3ccccc3Oc3ccc(Cl)cc3N12. The molecule has 5 heteroatoms. The minimum Gasteiger partial charge on any atom is -0.455 e. The molecular weight excluding hydrogens is 374 g/mol. The summed E-state index contributed by atoms with van der Waals surface area (Å²) in [7, 11) is 0. The molecule has 2 unspecified atom stereocenters. The third-order valence-corrected chi connectivity index (χ3v) is 6.25. The van der Waals surface area contributed by atoms with Crippen LogP contribution in [0.25, 0.3) is 0 Å². The topological polar surface area (TPSA) is 38.8 Å². The summed E-state index contributed by atoms with van der Waals surface area (Å²) < 4.78 is 12.4. The van der Waals surface area contributed by atoms with Crippen LogP contribution < -0.4 is 9.64 Å². The first-order valence-corrected chi connectivity index (χ1v) is 9.72. The van der Waals surface area contributed by atoms with Crippen molar-refractivity contribution < 1.29 is 14.3 Å². The number of benzene rings is 3. The zero-order valence-corrected chi connectivity index (χ0v) is 15.6. The third-order valence-electron chi connectivity index (χ3n) is 6.02. The molecule has 2 atom stereocenters. The van der Waals surface area contributed by atoms with E-state index in [-0.39, 0.29) is 12.1 Å². The first-order chi connectivity index (χ1) is 13.7. The Labute approximate surface area is 167 Å². The number of carbonyl (C=O) groups excluding carboxylic acids is 1. The Bertz CT molecular complexity index is 1140. The van der Waals surface area contributed by atoms with Crippen LogP contribution >= 0.6 is 11.6 Å². The van der Waals surface area contributed by atoms with E-state index in [9.17, 15) is 4.79 Å². The molecule has 1 fully saturated rings. The first kappa shape index (κ1) is 16.0. The Balaban J connectivity index is 1.66. The Morgan fingerprint density at radius 1 is 1.00 bits per heavy atom. The van der Waals surface area contributed by atoms with Gasteiger partial charge in [0.25, 0.3) is 0 Å². The van der Waals surface area contributed by atoms with Crippen molar-refractivity contribution in [2.24, 2.45) is 0 Å². The van der Waals surface area contributed by atoms with Crippen LogP contribution in [0.15, 0.2) is 66.7 Å². The van der Waals surface area contributed by atoms with Crippen LogP contribution in [0.2, 0.25) is 5.02 Å². The second-order valence-electron chi connectivity index (χ2n) is 7.44. The fourth-order valence-electron chi connectivity index (χ4n) is 4.88. The summed E-state index contributed by atoms with van der Waals surface area (Å²) in [5.41, 5.74) is 3.15. The maximum absolute atomic E-state index is 13.2. The smallest absolute Gasteiger partial charge is 0.416 e. The standard InChI is InChI=1S/C23H16ClNO3/c24-15-9-10-20-18(13-15)25-21(16-6-2-4-8-19(16)27-20)23(28-22(25)26)12-11-14-5-1-3-7-17(14)23/h1-10,13,21H,11-12H2. The number of hydrogen-bond acceptors (Lipinski definition) is 3. The van der Waals surface area contributed by atoms with Gasteiger partial charge in [-0.15, -0.1) is 0 Å². The maximum atomic E-state index is 13.2. The minimum absolute atomic E-state index is 0.320. The number of ether oxygens (including phenoxy) is 2. The number of halogens is 1. The number of nitrogens with zero attached hydrogens (tertiary/aromatic N) is 1. The van der Waals surface area contributed by atoms with E-state index in [1.165, 1.54) is 5.56 Å². The van der Waals surface area contributed by atoms with Crippen LogP contribution in [0.4, 0.5) is 10.5 Å². The molecule has 4 nitrogen and oxygen atoms in total. The van der Waals surface area contributed by atoms with E-state index >= 15 is 0 Å². The molecule has 3 aliphatic rings. The minimum atomic E-state index is -0.739. The molecule has 0 saturated carbocycles. The summed E-state index contributed by atoms with van der Waals surface area (Å²) in [6.07, 6.45) is 1.24. The van der Waals surface area contributed by atoms with Gasteiger partial charge in [0, 0.05) is 16.1 Å². The van der Waals surface area contributed by atoms with E-state index < -0.39 is 5.60 Å². The number of rotatable bonds is 0. The van der Waals surface area contributed by atoms with E-state index in [0.717, 1.165) is 29.7 Å². The van der Waals surface area contributed by atoms with Crippen LogP contribution in [0, 0.1) is 0 Å². The molecule has 1 amide bonds.